The molecule has 1 saturated heterocycles. The quantitative estimate of drug-likeness (QED) is 0.0726. The third kappa shape index (κ3) is 17.3. The van der Waals surface area contributed by atoms with Crippen molar-refractivity contribution in [2.45, 2.75) is 147 Å². The van der Waals surface area contributed by atoms with Crippen LogP contribution >= 0.6 is 12.2 Å². The standard InChI is InChI=1S/C33H60N4O5S.Y/c1-3-4-5-6-7-8-9-10-11-12-13-16-19-23-34-32(43)35-24-20-17-14-15-18-21-27-30(39)28(26-41-2)42-31(27)37-25-22-29(38)36-33(37)40;/h22,25,27-28,30-31,39H,3-21,23-24,26H2,1-2H3,(H2,34,35,43)(H,36,38,40);/t27?,28-,30-,31-;/m1./s1. The van der Waals surface area contributed by atoms with E-state index in [4.69, 9.17) is 21.7 Å². The molecule has 1 aliphatic rings. The molecule has 0 aliphatic carbocycles. The van der Waals surface area contributed by atoms with Gasteiger partial charge in [-0.25, -0.2) is 4.79 Å². The molecule has 0 amide bonds. The SMILES string of the molecule is CCCCCCCCCCCCCCCNC(=S)NCCCCCCCC1[C@@H](O)[C@@H](COC)O[C@H]1n1ccc(=O)[nH]c1=O.[Y]. The van der Waals surface area contributed by atoms with Gasteiger partial charge >= 0.3 is 5.69 Å². The van der Waals surface area contributed by atoms with Crippen LogP contribution in [0.2, 0.25) is 0 Å². The number of H-pyrrole nitrogens is 1. The number of aromatic amines is 1. The number of nitrogens with zero attached hydrogens (tertiary/aromatic N) is 1. The number of ether oxygens (including phenoxy) is 2. The zero-order valence-electron chi connectivity index (χ0n) is 27.5. The van der Waals surface area contributed by atoms with Crippen molar-refractivity contribution in [3.63, 3.8) is 0 Å². The molecule has 0 aromatic carbocycles. The molecule has 1 aromatic heterocycles. The van der Waals surface area contributed by atoms with Crippen LogP contribution < -0.4 is 21.9 Å². The van der Waals surface area contributed by atoms with E-state index in [9.17, 15) is 14.7 Å². The summed E-state index contributed by atoms with van der Waals surface area (Å²) in [5, 5.41) is 18.3. The first-order valence-electron chi connectivity index (χ1n) is 17.1. The van der Waals surface area contributed by atoms with Gasteiger partial charge in [0.05, 0.1) is 12.7 Å². The summed E-state index contributed by atoms with van der Waals surface area (Å²) in [6.45, 7) is 4.33. The van der Waals surface area contributed by atoms with Crippen LogP contribution in [0, 0.1) is 5.92 Å². The van der Waals surface area contributed by atoms with Crippen molar-refractivity contribution in [3.8, 4) is 0 Å². The topological polar surface area (TPSA) is 118 Å². The average Bonchev–Trinajstić information content (AvgIpc) is 3.29. The van der Waals surface area contributed by atoms with Crippen molar-refractivity contribution in [2.24, 2.45) is 5.92 Å². The summed E-state index contributed by atoms with van der Waals surface area (Å²) >= 11 is 5.42. The first-order valence-corrected chi connectivity index (χ1v) is 17.5. The van der Waals surface area contributed by atoms with Crippen molar-refractivity contribution in [3.05, 3.63) is 33.1 Å². The van der Waals surface area contributed by atoms with E-state index >= 15 is 0 Å². The summed E-state index contributed by atoms with van der Waals surface area (Å²) in [6.07, 6.45) is 23.2. The molecule has 2 rings (SSSR count). The second-order valence-electron chi connectivity index (χ2n) is 12.2. The molecule has 1 radical (unpaired) electrons. The van der Waals surface area contributed by atoms with Crippen molar-refractivity contribution in [1.29, 1.82) is 0 Å². The number of nitrogens with one attached hydrogen (secondary N) is 3. The molecule has 11 heteroatoms. The predicted molar refractivity (Wildman–Crippen MR) is 179 cm³/mol. The third-order valence-electron chi connectivity index (χ3n) is 8.52. The van der Waals surface area contributed by atoms with Crippen LogP contribution in [0.5, 0.6) is 0 Å². The molecule has 0 saturated carbocycles. The molecule has 1 unspecified atom stereocenters. The fourth-order valence-electron chi connectivity index (χ4n) is 5.96. The molecule has 1 aliphatic heterocycles. The molecule has 4 N–H and O–H groups in total. The zero-order valence-corrected chi connectivity index (χ0v) is 31.2. The van der Waals surface area contributed by atoms with Gasteiger partial charge < -0.3 is 25.2 Å². The molecule has 0 spiro atoms. The van der Waals surface area contributed by atoms with Gasteiger partial charge in [0, 0.05) is 71.1 Å². The Morgan fingerprint density at radius 1 is 0.886 bits per heavy atom. The number of thiocarbonyl (C=S) groups is 1. The van der Waals surface area contributed by atoms with Gasteiger partial charge in [-0.1, -0.05) is 110 Å². The van der Waals surface area contributed by atoms with Crippen LogP contribution in [0.25, 0.3) is 0 Å². The minimum atomic E-state index is -0.735. The molecule has 1 aromatic rings. The number of methoxy groups -OCH3 is 1. The normalized spacial score (nSPS) is 19.5. The summed E-state index contributed by atoms with van der Waals surface area (Å²) in [5.74, 6) is -0.247. The van der Waals surface area contributed by atoms with Gasteiger partial charge in [0.1, 0.15) is 12.3 Å². The molecule has 44 heavy (non-hydrogen) atoms. The van der Waals surface area contributed by atoms with E-state index in [0.29, 0.717) is 0 Å². The van der Waals surface area contributed by atoms with E-state index in [-0.39, 0.29) is 45.2 Å². The van der Waals surface area contributed by atoms with Gasteiger partial charge in [0.15, 0.2) is 5.11 Å². The Hall–Kier alpha value is -0.646. The second kappa shape index (κ2) is 26.4. The van der Waals surface area contributed by atoms with Crippen molar-refractivity contribution >= 4 is 17.3 Å². The van der Waals surface area contributed by atoms with Crippen LogP contribution in [0.1, 0.15) is 135 Å². The van der Waals surface area contributed by atoms with Crippen molar-refractivity contribution in [2.75, 3.05) is 26.8 Å². The Bertz CT molecular complexity index is 978. The smallest absolute Gasteiger partial charge is 0.330 e. The summed E-state index contributed by atoms with van der Waals surface area (Å²) in [4.78, 5) is 26.1. The largest absolute Gasteiger partial charge is 0.390 e. The summed E-state index contributed by atoms with van der Waals surface area (Å²) in [6, 6.07) is 1.30. The summed E-state index contributed by atoms with van der Waals surface area (Å²) in [5.41, 5.74) is -0.984. The Labute approximate surface area is 296 Å². The van der Waals surface area contributed by atoms with E-state index in [0.717, 1.165) is 56.7 Å². The Morgan fingerprint density at radius 3 is 1.89 bits per heavy atom. The van der Waals surface area contributed by atoms with Gasteiger partial charge in [-0.3, -0.25) is 14.3 Å². The van der Waals surface area contributed by atoms with Crippen LogP contribution in [0.4, 0.5) is 0 Å². The molecule has 2 heterocycles. The maximum absolute atomic E-state index is 12.3. The maximum Gasteiger partial charge on any atom is 0.330 e. The van der Waals surface area contributed by atoms with E-state index in [2.05, 4.69) is 22.5 Å². The predicted octanol–water partition coefficient (Wildman–Crippen LogP) is 5.95. The summed E-state index contributed by atoms with van der Waals surface area (Å²) < 4.78 is 12.5. The van der Waals surface area contributed by atoms with Crippen LogP contribution in [0.15, 0.2) is 21.9 Å². The number of aromatic nitrogens is 2. The van der Waals surface area contributed by atoms with Gasteiger partial charge in [-0.15, -0.1) is 0 Å². The number of hydrogen-bond donors (Lipinski definition) is 4. The van der Waals surface area contributed by atoms with Crippen molar-refractivity contribution in [1.82, 2.24) is 20.2 Å². The molecule has 0 bridgehead atoms. The molecular formula is C33H60N4O5SY. The van der Waals surface area contributed by atoms with E-state index in [1.807, 2.05) is 0 Å². The minimum Gasteiger partial charge on any atom is -0.390 e. The monoisotopic (exact) mass is 713 g/mol. The average molecular weight is 714 g/mol. The number of aliphatic hydroxyl groups excluding tert-OH is 1. The molecule has 1 fully saturated rings. The molecule has 4 atom stereocenters. The number of unbranched alkanes of at least 4 members (excludes halogenated alkanes) is 16. The molecule has 9 nitrogen and oxygen atoms in total. The molecular weight excluding hydrogens is 653 g/mol. The fraction of sp³-hybridized carbons (Fsp3) is 0.848. The fourth-order valence-corrected chi connectivity index (χ4v) is 6.17. The van der Waals surface area contributed by atoms with Gasteiger partial charge in [-0.2, -0.15) is 0 Å². The Balaban J connectivity index is 0.00000968. The van der Waals surface area contributed by atoms with Crippen LogP contribution in [-0.4, -0.2) is 58.8 Å². The first kappa shape index (κ1) is 41.4. The minimum absolute atomic E-state index is 0. The second-order valence-corrected chi connectivity index (χ2v) is 12.6. The summed E-state index contributed by atoms with van der Waals surface area (Å²) in [7, 11) is 1.56. The van der Waals surface area contributed by atoms with Gasteiger partial charge in [0.2, 0.25) is 0 Å². The van der Waals surface area contributed by atoms with Gasteiger partial charge in [-0.05, 0) is 31.5 Å². The van der Waals surface area contributed by atoms with Crippen LogP contribution in [-0.2, 0) is 42.2 Å². The zero-order chi connectivity index (χ0) is 31.1. The van der Waals surface area contributed by atoms with E-state index < -0.39 is 29.7 Å². The van der Waals surface area contributed by atoms with E-state index in [1.54, 1.807) is 7.11 Å². The van der Waals surface area contributed by atoms with Gasteiger partial charge in [0.25, 0.3) is 5.56 Å². The van der Waals surface area contributed by atoms with Crippen LogP contribution in [0.3, 0.4) is 0 Å². The first-order chi connectivity index (χ1) is 21.0. The Morgan fingerprint density at radius 2 is 1.39 bits per heavy atom. The number of aliphatic hydroxyl groups is 1. The Kier molecular flexibility index (Phi) is 24.9. The number of rotatable bonds is 25. The number of hydrogen-bond acceptors (Lipinski definition) is 6. The maximum atomic E-state index is 12.3. The van der Waals surface area contributed by atoms with Crippen molar-refractivity contribution < 1.29 is 47.3 Å². The van der Waals surface area contributed by atoms with E-state index in [1.165, 1.54) is 100 Å². The molecule has 251 valence electrons. The third-order valence-corrected chi connectivity index (χ3v) is 8.81.